The van der Waals surface area contributed by atoms with Crippen molar-refractivity contribution in [2.45, 2.75) is 30.1 Å². The lowest BCUT2D eigenvalue weighted by molar-refractivity contribution is -0.0549. The summed E-state index contributed by atoms with van der Waals surface area (Å²) in [5.74, 6) is -1.27. The second kappa shape index (κ2) is 6.46. The predicted molar refractivity (Wildman–Crippen MR) is 106 cm³/mol. The fourth-order valence-corrected chi connectivity index (χ4v) is 4.76. The van der Waals surface area contributed by atoms with Gasteiger partial charge in [-0.1, -0.05) is 36.4 Å². The van der Waals surface area contributed by atoms with E-state index in [2.05, 4.69) is 9.97 Å². The van der Waals surface area contributed by atoms with E-state index in [0.717, 1.165) is 38.6 Å². The van der Waals surface area contributed by atoms with Crippen LogP contribution in [0, 0.1) is 0 Å². The number of aliphatic hydroxyl groups is 4. The summed E-state index contributed by atoms with van der Waals surface area (Å²) in [6.07, 6.45) is -1.66. The lowest BCUT2D eigenvalue weighted by Gasteiger charge is -2.39. The molecule has 0 saturated heterocycles. The summed E-state index contributed by atoms with van der Waals surface area (Å²) in [5, 5.41) is 43.9. The molecule has 2 aromatic carbocycles. The van der Waals surface area contributed by atoms with Gasteiger partial charge in [0.25, 0.3) is 0 Å². The van der Waals surface area contributed by atoms with E-state index in [9.17, 15) is 20.4 Å². The average molecular weight is 378 g/mol. The third kappa shape index (κ3) is 2.36. The Bertz CT molecular complexity index is 1150. The Hall–Kier alpha value is -2.64. The summed E-state index contributed by atoms with van der Waals surface area (Å²) >= 11 is 0. The molecule has 1 aliphatic carbocycles. The van der Waals surface area contributed by atoms with E-state index in [1.165, 1.54) is 0 Å². The third-order valence-electron chi connectivity index (χ3n) is 6.04. The highest BCUT2D eigenvalue weighted by molar-refractivity contribution is 5.88. The molecule has 0 bridgehead atoms. The molecule has 6 nitrogen and oxygen atoms in total. The van der Waals surface area contributed by atoms with Gasteiger partial charge in [-0.2, -0.15) is 0 Å². The van der Waals surface area contributed by atoms with Gasteiger partial charge in [0, 0.05) is 39.6 Å². The summed E-state index contributed by atoms with van der Waals surface area (Å²) < 4.78 is 0. The first kappa shape index (κ1) is 17.5. The largest absolute Gasteiger partial charge is 0.394 e. The molecule has 5 unspecified atom stereocenters. The highest BCUT2D eigenvalue weighted by Gasteiger charge is 2.47. The number of aromatic amines is 2. The summed E-state index contributed by atoms with van der Waals surface area (Å²) in [6, 6.07) is 15.5. The Balaban J connectivity index is 1.80. The Morgan fingerprint density at radius 1 is 0.893 bits per heavy atom. The van der Waals surface area contributed by atoms with Gasteiger partial charge in [0.2, 0.25) is 0 Å². The molecule has 144 valence electrons. The van der Waals surface area contributed by atoms with Crippen LogP contribution in [0.2, 0.25) is 0 Å². The van der Waals surface area contributed by atoms with E-state index in [0.29, 0.717) is 0 Å². The molecular weight excluding hydrogens is 356 g/mol. The number of hydrogen-bond donors (Lipinski definition) is 6. The third-order valence-corrected chi connectivity index (χ3v) is 6.04. The summed E-state index contributed by atoms with van der Waals surface area (Å²) in [7, 11) is 0. The minimum absolute atomic E-state index is 0.490. The second-order valence-corrected chi connectivity index (χ2v) is 7.52. The van der Waals surface area contributed by atoms with Crippen molar-refractivity contribution in [1.82, 2.24) is 9.97 Å². The lowest BCUT2D eigenvalue weighted by atomic mass is 9.71. The van der Waals surface area contributed by atoms with Crippen molar-refractivity contribution in [3.05, 3.63) is 71.5 Å². The maximum atomic E-state index is 11.1. The van der Waals surface area contributed by atoms with Crippen LogP contribution >= 0.6 is 0 Å². The first-order chi connectivity index (χ1) is 13.6. The highest BCUT2D eigenvalue weighted by Crippen LogP contribution is 2.48. The number of H-pyrrole nitrogens is 2. The summed E-state index contributed by atoms with van der Waals surface area (Å²) in [5.41, 5.74) is 4.22. The van der Waals surface area contributed by atoms with Crippen molar-refractivity contribution in [3.63, 3.8) is 0 Å². The Kier molecular flexibility index (Phi) is 4.03. The average Bonchev–Trinajstić information content (AvgIpc) is 3.31. The van der Waals surface area contributed by atoms with Crippen LogP contribution in [-0.2, 0) is 0 Å². The molecule has 6 heteroatoms. The molecule has 0 saturated carbocycles. The van der Waals surface area contributed by atoms with Crippen LogP contribution in [0.4, 0.5) is 0 Å². The van der Waals surface area contributed by atoms with Crippen molar-refractivity contribution in [2.75, 3.05) is 6.61 Å². The van der Waals surface area contributed by atoms with Crippen LogP contribution in [-0.4, -0.2) is 55.3 Å². The van der Waals surface area contributed by atoms with Gasteiger partial charge in [-0.15, -0.1) is 0 Å². The van der Waals surface area contributed by atoms with Crippen molar-refractivity contribution >= 4 is 21.8 Å². The van der Waals surface area contributed by atoms with E-state index in [4.69, 9.17) is 0 Å². The van der Waals surface area contributed by atoms with Gasteiger partial charge in [-0.05, 0) is 23.3 Å². The molecule has 0 radical (unpaired) electrons. The standard InChI is InChI=1S/C22H22N2O4/c25-10-16(26)19-17-12-6-2-4-8-15(12)24-20(17)18(21(27)22(19)28)13-9-23-14-7-3-1-5-11(13)14/h1-9,16,18-19,21-28H,10H2. The molecule has 2 heterocycles. The number of hydrogen-bond acceptors (Lipinski definition) is 4. The van der Waals surface area contributed by atoms with Crippen LogP contribution in [0.1, 0.15) is 28.7 Å². The highest BCUT2D eigenvalue weighted by atomic mass is 16.3. The molecule has 28 heavy (non-hydrogen) atoms. The number of benzene rings is 2. The van der Waals surface area contributed by atoms with Gasteiger partial charge in [0.15, 0.2) is 0 Å². The van der Waals surface area contributed by atoms with Crippen molar-refractivity contribution in [1.29, 1.82) is 0 Å². The van der Waals surface area contributed by atoms with E-state index < -0.39 is 36.8 Å². The minimum Gasteiger partial charge on any atom is -0.394 e. The molecule has 0 aliphatic heterocycles. The van der Waals surface area contributed by atoms with Gasteiger partial charge >= 0.3 is 0 Å². The van der Waals surface area contributed by atoms with Gasteiger partial charge in [-0.25, -0.2) is 0 Å². The fraction of sp³-hybridized carbons (Fsp3) is 0.273. The van der Waals surface area contributed by atoms with Gasteiger partial charge in [0.05, 0.1) is 30.8 Å². The van der Waals surface area contributed by atoms with Crippen LogP contribution in [0.3, 0.4) is 0 Å². The normalized spacial score (nSPS) is 25.9. The first-order valence-corrected chi connectivity index (χ1v) is 9.43. The maximum Gasteiger partial charge on any atom is 0.0930 e. The van der Waals surface area contributed by atoms with E-state index >= 15 is 0 Å². The Labute approximate surface area is 161 Å². The van der Waals surface area contributed by atoms with Crippen molar-refractivity contribution < 1.29 is 20.4 Å². The van der Waals surface area contributed by atoms with Gasteiger partial charge in [-0.3, -0.25) is 0 Å². The predicted octanol–water partition coefficient (Wildman–Crippen LogP) is 1.95. The maximum absolute atomic E-state index is 11.1. The minimum atomic E-state index is -1.22. The first-order valence-electron chi connectivity index (χ1n) is 9.43. The number of para-hydroxylation sites is 2. The van der Waals surface area contributed by atoms with E-state index in [1.807, 2.05) is 54.7 Å². The number of aromatic nitrogens is 2. The van der Waals surface area contributed by atoms with Gasteiger partial charge in [0.1, 0.15) is 0 Å². The molecule has 0 fully saturated rings. The monoisotopic (exact) mass is 378 g/mol. The Morgan fingerprint density at radius 2 is 1.57 bits per heavy atom. The number of fused-ring (bicyclic) bond motifs is 4. The molecule has 6 N–H and O–H groups in total. The number of aliphatic hydroxyl groups excluding tert-OH is 4. The molecule has 5 rings (SSSR count). The van der Waals surface area contributed by atoms with Crippen LogP contribution in [0.25, 0.3) is 21.8 Å². The van der Waals surface area contributed by atoms with Crippen LogP contribution < -0.4 is 0 Å². The van der Waals surface area contributed by atoms with Gasteiger partial charge < -0.3 is 30.4 Å². The molecule has 2 aromatic heterocycles. The summed E-state index contributed by atoms with van der Waals surface area (Å²) in [6.45, 7) is -0.495. The SMILES string of the molecule is OCC(O)C1c2c([nH]c3ccccc23)C(c2c[nH]c3ccccc23)C(O)C1O. The molecule has 1 aliphatic rings. The molecule has 0 spiro atoms. The van der Waals surface area contributed by atoms with E-state index in [-0.39, 0.29) is 0 Å². The van der Waals surface area contributed by atoms with Crippen molar-refractivity contribution in [2.24, 2.45) is 0 Å². The molecule has 0 amide bonds. The smallest absolute Gasteiger partial charge is 0.0930 e. The molecule has 5 atom stereocenters. The molecule has 4 aromatic rings. The van der Waals surface area contributed by atoms with Crippen LogP contribution in [0.15, 0.2) is 54.7 Å². The summed E-state index contributed by atoms with van der Waals surface area (Å²) in [4.78, 5) is 6.64. The molecular formula is C22H22N2O4. The number of nitrogens with one attached hydrogen (secondary N) is 2. The topological polar surface area (TPSA) is 112 Å². The van der Waals surface area contributed by atoms with E-state index in [1.54, 1.807) is 0 Å². The van der Waals surface area contributed by atoms with Crippen LogP contribution in [0.5, 0.6) is 0 Å². The zero-order chi connectivity index (χ0) is 19.4. The Morgan fingerprint density at radius 3 is 2.32 bits per heavy atom. The second-order valence-electron chi connectivity index (χ2n) is 7.52. The zero-order valence-corrected chi connectivity index (χ0v) is 15.1. The van der Waals surface area contributed by atoms with Crippen molar-refractivity contribution in [3.8, 4) is 0 Å². The fourth-order valence-electron chi connectivity index (χ4n) is 4.76. The zero-order valence-electron chi connectivity index (χ0n) is 15.1. The quantitative estimate of drug-likeness (QED) is 0.327. The number of rotatable bonds is 3. The lowest BCUT2D eigenvalue weighted by Crippen LogP contribution is -2.46.